The SMILES string of the molecule is C1CC1.C=CN1C=CC=C(C(=O)N2CCCC(NC(=C)C(NC(=O)OC(C)(C)C)C(C)C)C2)/C1=C/C.CCCC.Clc1ccccc1. The van der Waals surface area contributed by atoms with Gasteiger partial charge in [0.1, 0.15) is 5.60 Å². The van der Waals surface area contributed by atoms with Crippen molar-refractivity contribution in [1.82, 2.24) is 20.4 Å². The van der Waals surface area contributed by atoms with Crippen LogP contribution in [-0.4, -0.2) is 52.6 Å². The second kappa shape index (κ2) is 22.2. The Labute approximate surface area is 290 Å². The van der Waals surface area contributed by atoms with E-state index in [2.05, 4.69) is 37.6 Å². The van der Waals surface area contributed by atoms with Gasteiger partial charge in [-0.3, -0.25) is 4.79 Å². The summed E-state index contributed by atoms with van der Waals surface area (Å²) in [6, 6.07) is 9.22. The second-order valence-electron chi connectivity index (χ2n) is 13.2. The number of carbonyl (C=O) groups excluding carboxylic acids is 2. The average Bonchev–Trinajstić information content (AvgIpc) is 3.93. The molecule has 1 aliphatic carbocycles. The van der Waals surface area contributed by atoms with Crippen LogP contribution in [0.25, 0.3) is 0 Å². The molecule has 2 fully saturated rings. The summed E-state index contributed by atoms with van der Waals surface area (Å²) >= 11 is 5.54. The largest absolute Gasteiger partial charge is 0.444 e. The van der Waals surface area contributed by atoms with Crippen molar-refractivity contribution in [2.45, 2.75) is 118 Å². The predicted molar refractivity (Wildman–Crippen MR) is 199 cm³/mol. The number of ether oxygens (including phenoxy) is 1. The number of nitrogens with one attached hydrogen (secondary N) is 2. The average molecular weight is 669 g/mol. The molecule has 2 unspecified atom stereocenters. The van der Waals surface area contributed by atoms with Gasteiger partial charge in [-0.25, -0.2) is 4.79 Å². The van der Waals surface area contributed by atoms with Crippen LogP contribution in [0, 0.1) is 5.92 Å². The van der Waals surface area contributed by atoms with Gasteiger partial charge in [0.05, 0.1) is 17.3 Å². The molecule has 0 radical (unpaired) electrons. The summed E-state index contributed by atoms with van der Waals surface area (Å²) in [7, 11) is 0. The Balaban J connectivity index is 0.000000644. The molecule has 47 heavy (non-hydrogen) atoms. The van der Waals surface area contributed by atoms with Crippen molar-refractivity contribution in [1.29, 1.82) is 0 Å². The number of allylic oxidation sites excluding steroid dienone is 3. The highest BCUT2D eigenvalue weighted by atomic mass is 35.5. The summed E-state index contributed by atoms with van der Waals surface area (Å²) in [5, 5.41) is 7.19. The maximum atomic E-state index is 13.3. The number of hydrogen-bond acceptors (Lipinski definition) is 5. The molecular formula is C39H61ClN4O3. The summed E-state index contributed by atoms with van der Waals surface area (Å²) in [5.74, 6) is 0.129. The van der Waals surface area contributed by atoms with Crippen LogP contribution in [0.5, 0.6) is 0 Å². The number of rotatable bonds is 8. The minimum atomic E-state index is -0.569. The highest BCUT2D eigenvalue weighted by Crippen LogP contribution is 2.25. The third-order valence-electron chi connectivity index (χ3n) is 7.16. The van der Waals surface area contributed by atoms with E-state index in [4.69, 9.17) is 16.3 Å². The lowest BCUT2D eigenvalue weighted by atomic mass is 9.98. The molecule has 2 N–H and O–H groups in total. The summed E-state index contributed by atoms with van der Waals surface area (Å²) < 4.78 is 5.41. The molecule has 2 heterocycles. The van der Waals surface area contributed by atoms with Crippen LogP contribution >= 0.6 is 11.6 Å². The molecule has 2 atom stereocenters. The van der Waals surface area contributed by atoms with Crippen molar-refractivity contribution in [2.24, 2.45) is 5.92 Å². The number of amides is 2. The summed E-state index contributed by atoms with van der Waals surface area (Å²) in [6.07, 6.45) is 17.7. The Morgan fingerprint density at radius 3 is 2.15 bits per heavy atom. The zero-order valence-electron chi connectivity index (χ0n) is 30.3. The molecule has 2 amide bonds. The molecule has 3 aliphatic rings. The van der Waals surface area contributed by atoms with Crippen LogP contribution in [0.3, 0.4) is 0 Å². The number of halogens is 1. The molecule has 1 saturated heterocycles. The van der Waals surface area contributed by atoms with Gasteiger partial charge in [0.15, 0.2) is 0 Å². The normalized spacial score (nSPS) is 18.1. The Morgan fingerprint density at radius 2 is 1.70 bits per heavy atom. The van der Waals surface area contributed by atoms with Gasteiger partial charge in [0, 0.05) is 42.3 Å². The smallest absolute Gasteiger partial charge is 0.408 e. The van der Waals surface area contributed by atoms with Gasteiger partial charge in [-0.15, -0.1) is 0 Å². The number of unbranched alkanes of at least 4 members (excludes halogenated alkanes) is 1. The van der Waals surface area contributed by atoms with Gasteiger partial charge in [0.25, 0.3) is 5.91 Å². The van der Waals surface area contributed by atoms with Crippen molar-refractivity contribution in [3.05, 3.63) is 96.1 Å². The lowest BCUT2D eigenvalue weighted by Gasteiger charge is -2.37. The first-order chi connectivity index (χ1) is 22.3. The Bertz CT molecular complexity index is 1190. The molecule has 262 valence electrons. The van der Waals surface area contributed by atoms with E-state index in [0.29, 0.717) is 18.7 Å². The van der Waals surface area contributed by atoms with E-state index in [1.807, 2.05) is 106 Å². The molecule has 7 nitrogen and oxygen atoms in total. The van der Waals surface area contributed by atoms with Crippen molar-refractivity contribution >= 4 is 23.6 Å². The molecule has 0 bridgehead atoms. The molecular weight excluding hydrogens is 608 g/mol. The lowest BCUT2D eigenvalue weighted by Crippen LogP contribution is -2.52. The molecule has 8 heteroatoms. The first-order valence-corrected chi connectivity index (χ1v) is 17.6. The van der Waals surface area contributed by atoms with Gasteiger partial charge in [-0.2, -0.15) is 0 Å². The third-order valence-corrected chi connectivity index (χ3v) is 7.42. The summed E-state index contributed by atoms with van der Waals surface area (Å²) in [5.41, 5.74) is 1.65. The number of likely N-dealkylation sites (tertiary alicyclic amines) is 1. The molecule has 2 aliphatic heterocycles. The standard InChI is InChI=1S/C26H40N4O3.C6H5Cl.C4H10.C3H6/c1-9-22-21(14-12-15-29(22)10-2)24(31)30-16-11-13-20(17-30)27-19(5)23(18(3)4)28-25(32)33-26(6,7)8;7-6-4-2-1-3-5-6;1-3-4-2;1-2-3-1/h9-10,12,14-15,18,20,23,27H,2,5,11,13,16-17H2,1,3-4,6-8H3,(H,28,32);1-5H;3-4H2,1-2H3;1-3H2/b22-9-;;;. The fourth-order valence-corrected chi connectivity index (χ4v) is 4.63. The fraction of sp³-hybridized carbons (Fsp3) is 0.538. The van der Waals surface area contributed by atoms with E-state index in [1.165, 1.54) is 32.1 Å². The van der Waals surface area contributed by atoms with E-state index in [-0.39, 0.29) is 23.9 Å². The van der Waals surface area contributed by atoms with E-state index in [0.717, 1.165) is 29.3 Å². The zero-order valence-corrected chi connectivity index (χ0v) is 31.0. The minimum Gasteiger partial charge on any atom is -0.444 e. The Morgan fingerprint density at radius 1 is 1.09 bits per heavy atom. The van der Waals surface area contributed by atoms with Gasteiger partial charge in [-0.05, 0) is 70.7 Å². The highest BCUT2D eigenvalue weighted by molar-refractivity contribution is 6.30. The van der Waals surface area contributed by atoms with Crippen LogP contribution < -0.4 is 10.6 Å². The maximum absolute atomic E-state index is 13.3. The number of benzene rings is 1. The Kier molecular flexibility index (Phi) is 19.6. The number of alkyl carbamates (subject to hydrolysis) is 1. The van der Waals surface area contributed by atoms with Crippen LogP contribution in [-0.2, 0) is 9.53 Å². The molecule has 0 spiro atoms. The zero-order chi connectivity index (χ0) is 35.4. The molecule has 1 saturated carbocycles. The van der Waals surface area contributed by atoms with Crippen molar-refractivity contribution in [3.8, 4) is 0 Å². The number of nitrogens with zero attached hydrogens (tertiary/aromatic N) is 2. The van der Waals surface area contributed by atoms with Crippen LogP contribution in [0.2, 0.25) is 5.02 Å². The molecule has 1 aromatic carbocycles. The quantitative estimate of drug-likeness (QED) is 0.289. The third kappa shape index (κ3) is 17.3. The van der Waals surface area contributed by atoms with Crippen LogP contribution in [0.4, 0.5) is 4.79 Å². The van der Waals surface area contributed by atoms with E-state index in [9.17, 15) is 9.59 Å². The lowest BCUT2D eigenvalue weighted by molar-refractivity contribution is -0.128. The van der Waals surface area contributed by atoms with Crippen molar-refractivity contribution in [3.63, 3.8) is 0 Å². The van der Waals surface area contributed by atoms with Gasteiger partial charge in [0.2, 0.25) is 0 Å². The first-order valence-electron chi connectivity index (χ1n) is 17.2. The Hall–Kier alpha value is -3.45. The van der Waals surface area contributed by atoms with Gasteiger partial charge < -0.3 is 25.2 Å². The second-order valence-corrected chi connectivity index (χ2v) is 13.6. The fourth-order valence-electron chi connectivity index (χ4n) is 4.49. The number of hydrogen-bond donors (Lipinski definition) is 2. The monoisotopic (exact) mass is 668 g/mol. The number of carbonyl (C=O) groups is 2. The van der Waals surface area contributed by atoms with Crippen LogP contribution in [0.15, 0.2) is 91.1 Å². The first kappa shape index (κ1) is 41.6. The van der Waals surface area contributed by atoms with Gasteiger partial charge >= 0.3 is 6.09 Å². The maximum Gasteiger partial charge on any atom is 0.408 e. The molecule has 4 rings (SSSR count). The van der Waals surface area contributed by atoms with Crippen molar-refractivity contribution in [2.75, 3.05) is 13.1 Å². The van der Waals surface area contributed by atoms with Crippen LogP contribution in [0.1, 0.15) is 100 Å². The summed E-state index contributed by atoms with van der Waals surface area (Å²) in [4.78, 5) is 29.4. The highest BCUT2D eigenvalue weighted by Gasteiger charge is 2.30. The number of piperidine rings is 1. The van der Waals surface area contributed by atoms with Crippen molar-refractivity contribution < 1.29 is 14.3 Å². The van der Waals surface area contributed by atoms with E-state index < -0.39 is 11.7 Å². The minimum absolute atomic E-state index is 0.00343. The predicted octanol–water partition coefficient (Wildman–Crippen LogP) is 9.75. The topological polar surface area (TPSA) is 73.9 Å². The van der Waals surface area contributed by atoms with E-state index in [1.54, 1.807) is 6.20 Å². The van der Waals surface area contributed by atoms with E-state index >= 15 is 0 Å². The molecule has 0 aromatic heterocycles. The van der Waals surface area contributed by atoms with Gasteiger partial charge in [-0.1, -0.05) is 109 Å². The summed E-state index contributed by atoms with van der Waals surface area (Å²) in [6.45, 7) is 25.1. The molecule has 1 aromatic rings.